The maximum atomic E-state index is 5.72. The highest BCUT2D eigenvalue weighted by Gasteiger charge is 2.20. The first kappa shape index (κ1) is 14.2. The number of nitrogens with one attached hydrogen (secondary N) is 1. The third-order valence-corrected chi connectivity index (χ3v) is 3.28. The van der Waals surface area contributed by atoms with Crippen molar-refractivity contribution in [1.29, 1.82) is 0 Å². The van der Waals surface area contributed by atoms with Gasteiger partial charge in [-0.2, -0.15) is 0 Å². The van der Waals surface area contributed by atoms with Gasteiger partial charge in [0.1, 0.15) is 0 Å². The van der Waals surface area contributed by atoms with Gasteiger partial charge in [0.2, 0.25) is 0 Å². The van der Waals surface area contributed by atoms with Gasteiger partial charge < -0.3 is 0 Å². The lowest BCUT2D eigenvalue weighted by molar-refractivity contribution is 0.313. The summed E-state index contributed by atoms with van der Waals surface area (Å²) in [6, 6.07) is 4.74. The van der Waals surface area contributed by atoms with Crippen LogP contribution in [0.3, 0.4) is 0 Å². The highest BCUT2D eigenvalue weighted by atomic mass is 15.2. The maximum absolute atomic E-state index is 5.72. The molecular formula is C15H26N2. The Balaban J connectivity index is 3.08. The molecule has 3 N–H and O–H groups in total. The fourth-order valence-corrected chi connectivity index (χ4v) is 2.23. The van der Waals surface area contributed by atoms with E-state index in [-0.39, 0.29) is 11.5 Å². The highest BCUT2D eigenvalue weighted by molar-refractivity contribution is 5.38. The van der Waals surface area contributed by atoms with Crippen LogP contribution in [0.2, 0.25) is 0 Å². The number of aryl methyl sites for hydroxylation is 3. The molecule has 0 radical (unpaired) electrons. The second kappa shape index (κ2) is 5.19. The molecule has 0 aliphatic rings. The number of rotatable bonds is 3. The van der Waals surface area contributed by atoms with Crippen molar-refractivity contribution in [2.24, 2.45) is 11.3 Å². The molecule has 0 spiro atoms. The average Bonchev–Trinajstić information content (AvgIpc) is 2.19. The van der Waals surface area contributed by atoms with Crippen molar-refractivity contribution in [3.63, 3.8) is 0 Å². The van der Waals surface area contributed by atoms with Crippen molar-refractivity contribution >= 4 is 0 Å². The van der Waals surface area contributed by atoms with Crippen LogP contribution < -0.4 is 11.3 Å². The molecule has 0 fully saturated rings. The van der Waals surface area contributed by atoms with E-state index in [9.17, 15) is 0 Å². The van der Waals surface area contributed by atoms with Gasteiger partial charge in [-0.1, -0.05) is 32.9 Å². The van der Waals surface area contributed by atoms with Gasteiger partial charge >= 0.3 is 0 Å². The zero-order valence-corrected chi connectivity index (χ0v) is 12.0. The van der Waals surface area contributed by atoms with E-state index in [1.54, 1.807) is 0 Å². The van der Waals surface area contributed by atoms with Gasteiger partial charge in [0.15, 0.2) is 0 Å². The van der Waals surface area contributed by atoms with Crippen LogP contribution in [0.4, 0.5) is 0 Å². The monoisotopic (exact) mass is 234 g/mol. The quantitative estimate of drug-likeness (QED) is 0.620. The second-order valence-corrected chi connectivity index (χ2v) is 6.28. The van der Waals surface area contributed by atoms with Crippen molar-refractivity contribution in [3.05, 3.63) is 34.4 Å². The molecule has 2 heteroatoms. The average molecular weight is 234 g/mol. The Morgan fingerprint density at radius 1 is 1.06 bits per heavy atom. The molecular weight excluding hydrogens is 208 g/mol. The first-order valence-corrected chi connectivity index (χ1v) is 6.28. The number of hydrogen-bond acceptors (Lipinski definition) is 2. The molecule has 0 saturated carbocycles. The van der Waals surface area contributed by atoms with Gasteiger partial charge in [0, 0.05) is 6.04 Å². The number of benzene rings is 1. The van der Waals surface area contributed by atoms with Crippen molar-refractivity contribution in [2.45, 2.75) is 54.0 Å². The van der Waals surface area contributed by atoms with E-state index in [1.807, 2.05) is 0 Å². The molecule has 0 aliphatic carbocycles. The molecule has 0 saturated heterocycles. The van der Waals surface area contributed by atoms with Crippen LogP contribution in [-0.4, -0.2) is 0 Å². The summed E-state index contributed by atoms with van der Waals surface area (Å²) in [5.74, 6) is 5.72. The summed E-state index contributed by atoms with van der Waals surface area (Å²) in [5.41, 5.74) is 8.55. The Bertz CT molecular complexity index is 389. The largest absolute Gasteiger partial charge is 0.271 e. The van der Waals surface area contributed by atoms with Gasteiger partial charge in [0.05, 0.1) is 0 Å². The lowest BCUT2D eigenvalue weighted by Crippen LogP contribution is -2.31. The molecule has 96 valence electrons. The summed E-state index contributed by atoms with van der Waals surface area (Å²) in [6.07, 6.45) is 1.03. The summed E-state index contributed by atoms with van der Waals surface area (Å²) < 4.78 is 0. The minimum absolute atomic E-state index is 0.231. The molecule has 1 aromatic rings. The number of hydrogen-bond donors (Lipinski definition) is 2. The molecule has 1 aromatic carbocycles. The molecule has 1 atom stereocenters. The van der Waals surface area contributed by atoms with E-state index in [2.05, 4.69) is 59.1 Å². The second-order valence-electron chi connectivity index (χ2n) is 6.28. The van der Waals surface area contributed by atoms with Crippen LogP contribution in [0, 0.1) is 26.2 Å². The first-order chi connectivity index (χ1) is 7.74. The predicted octanol–water partition coefficient (Wildman–Crippen LogP) is 3.55. The molecule has 0 aliphatic heterocycles. The third kappa shape index (κ3) is 3.83. The van der Waals surface area contributed by atoms with Gasteiger partial charge in [-0.25, -0.2) is 0 Å². The van der Waals surface area contributed by atoms with Crippen LogP contribution in [-0.2, 0) is 0 Å². The molecule has 1 rings (SSSR count). The van der Waals surface area contributed by atoms with Crippen LogP contribution in [0.1, 0.15) is 55.5 Å². The SMILES string of the molecule is Cc1cc(C)c(C(CC(C)(C)C)NN)cc1C. The maximum Gasteiger partial charge on any atom is 0.0467 e. The minimum atomic E-state index is 0.231. The van der Waals surface area contributed by atoms with Crippen molar-refractivity contribution < 1.29 is 0 Å². The molecule has 0 aromatic heterocycles. The van der Waals surface area contributed by atoms with Crippen molar-refractivity contribution in [1.82, 2.24) is 5.43 Å². The van der Waals surface area contributed by atoms with E-state index in [0.29, 0.717) is 0 Å². The Labute approximate surface area is 106 Å². The fraction of sp³-hybridized carbons (Fsp3) is 0.600. The standard InChI is InChI=1S/C15H26N2/c1-10-7-12(3)13(8-11(10)2)14(17-16)9-15(4,5)6/h7-8,14,17H,9,16H2,1-6H3. The van der Waals surface area contributed by atoms with Gasteiger partial charge in [0.25, 0.3) is 0 Å². The molecule has 0 heterocycles. The topological polar surface area (TPSA) is 38.0 Å². The van der Waals surface area contributed by atoms with E-state index in [4.69, 9.17) is 5.84 Å². The van der Waals surface area contributed by atoms with Crippen LogP contribution in [0.15, 0.2) is 12.1 Å². The zero-order chi connectivity index (χ0) is 13.2. The Morgan fingerprint density at radius 3 is 2.06 bits per heavy atom. The van der Waals surface area contributed by atoms with E-state index >= 15 is 0 Å². The Morgan fingerprint density at radius 2 is 1.59 bits per heavy atom. The summed E-state index contributed by atoms with van der Waals surface area (Å²) in [4.78, 5) is 0. The number of hydrazine groups is 1. The number of nitrogens with two attached hydrogens (primary N) is 1. The normalized spacial score (nSPS) is 13.8. The highest BCUT2D eigenvalue weighted by Crippen LogP contribution is 2.31. The van der Waals surface area contributed by atoms with Crippen LogP contribution >= 0.6 is 0 Å². The van der Waals surface area contributed by atoms with Crippen LogP contribution in [0.5, 0.6) is 0 Å². The van der Waals surface area contributed by atoms with Crippen LogP contribution in [0.25, 0.3) is 0 Å². The smallest absolute Gasteiger partial charge is 0.0467 e. The Kier molecular flexibility index (Phi) is 4.34. The lowest BCUT2D eigenvalue weighted by atomic mass is 9.84. The van der Waals surface area contributed by atoms with Gasteiger partial charge in [-0.15, -0.1) is 0 Å². The molecule has 0 bridgehead atoms. The summed E-state index contributed by atoms with van der Waals surface area (Å²) in [5, 5.41) is 0. The molecule has 0 amide bonds. The summed E-state index contributed by atoms with van der Waals surface area (Å²) >= 11 is 0. The minimum Gasteiger partial charge on any atom is -0.271 e. The fourth-order valence-electron chi connectivity index (χ4n) is 2.23. The van der Waals surface area contributed by atoms with E-state index in [1.165, 1.54) is 22.3 Å². The molecule has 1 unspecified atom stereocenters. The predicted molar refractivity (Wildman–Crippen MR) is 74.8 cm³/mol. The molecule has 2 nitrogen and oxygen atoms in total. The lowest BCUT2D eigenvalue weighted by Gasteiger charge is -2.27. The first-order valence-electron chi connectivity index (χ1n) is 6.28. The van der Waals surface area contributed by atoms with Gasteiger partial charge in [-0.3, -0.25) is 11.3 Å². The van der Waals surface area contributed by atoms with E-state index in [0.717, 1.165) is 6.42 Å². The summed E-state index contributed by atoms with van der Waals surface area (Å²) in [6.45, 7) is 13.2. The van der Waals surface area contributed by atoms with Crippen molar-refractivity contribution in [2.75, 3.05) is 0 Å². The van der Waals surface area contributed by atoms with Gasteiger partial charge in [-0.05, 0) is 54.9 Å². The Hall–Kier alpha value is -0.860. The van der Waals surface area contributed by atoms with Crippen molar-refractivity contribution in [3.8, 4) is 0 Å². The summed E-state index contributed by atoms with van der Waals surface area (Å²) in [7, 11) is 0. The van der Waals surface area contributed by atoms with E-state index < -0.39 is 0 Å². The zero-order valence-electron chi connectivity index (χ0n) is 12.0. The molecule has 17 heavy (non-hydrogen) atoms. The third-order valence-electron chi connectivity index (χ3n) is 3.28.